The molecule has 168 valence electrons. The van der Waals surface area contributed by atoms with Gasteiger partial charge in [0.25, 0.3) is 11.6 Å². The number of hydrogen-bond donors (Lipinski definition) is 1. The number of nitro groups is 1. The highest BCUT2D eigenvalue weighted by atomic mass is 19.4. The fraction of sp³-hybridized carbons (Fsp3) is 0.250. The van der Waals surface area contributed by atoms with E-state index in [-0.39, 0.29) is 24.3 Å². The number of rotatable bonds is 6. The molecule has 1 heterocycles. The van der Waals surface area contributed by atoms with Gasteiger partial charge in [-0.3, -0.25) is 24.5 Å². The standard InChI is InChI=1S/C20H16F3N3O6/c21-20(22,23)15-6-1-2-7-16(15)24-17(27)11-32-19(29)12-8-18(28)25(10-12)13-4-3-5-14(9-13)26(30)31/h1-7,9,12H,8,10-11H2,(H,24,27)/t12-/m0/s1. The van der Waals surface area contributed by atoms with Crippen LogP contribution in [0.25, 0.3) is 0 Å². The number of para-hydroxylation sites is 1. The molecule has 2 aromatic carbocycles. The summed E-state index contributed by atoms with van der Waals surface area (Å²) in [4.78, 5) is 47.9. The Morgan fingerprint density at radius 2 is 1.91 bits per heavy atom. The number of anilines is 2. The average molecular weight is 451 g/mol. The number of amides is 2. The molecule has 1 aliphatic rings. The van der Waals surface area contributed by atoms with E-state index < -0.39 is 52.7 Å². The Bertz CT molecular complexity index is 1070. The number of hydrogen-bond acceptors (Lipinski definition) is 6. The number of carbonyl (C=O) groups is 3. The van der Waals surface area contributed by atoms with E-state index in [0.717, 1.165) is 12.1 Å². The maximum atomic E-state index is 13.0. The van der Waals surface area contributed by atoms with E-state index in [1.54, 1.807) is 0 Å². The summed E-state index contributed by atoms with van der Waals surface area (Å²) in [7, 11) is 0. The highest BCUT2D eigenvalue weighted by Crippen LogP contribution is 2.34. The Balaban J connectivity index is 1.58. The van der Waals surface area contributed by atoms with Crippen LogP contribution in [0, 0.1) is 16.0 Å². The molecule has 0 unspecified atom stereocenters. The quantitative estimate of drug-likeness (QED) is 0.410. The summed E-state index contributed by atoms with van der Waals surface area (Å²) in [6, 6.07) is 9.66. The van der Waals surface area contributed by atoms with Crippen LogP contribution in [0.15, 0.2) is 48.5 Å². The van der Waals surface area contributed by atoms with Crippen molar-refractivity contribution in [3.05, 3.63) is 64.2 Å². The average Bonchev–Trinajstić information content (AvgIpc) is 3.13. The molecular weight excluding hydrogens is 435 g/mol. The van der Waals surface area contributed by atoms with Crippen molar-refractivity contribution in [2.45, 2.75) is 12.6 Å². The Morgan fingerprint density at radius 3 is 2.59 bits per heavy atom. The van der Waals surface area contributed by atoms with Gasteiger partial charge in [-0.25, -0.2) is 0 Å². The van der Waals surface area contributed by atoms with Crippen molar-refractivity contribution in [1.82, 2.24) is 0 Å². The number of non-ortho nitro benzene ring substituents is 1. The molecule has 32 heavy (non-hydrogen) atoms. The van der Waals surface area contributed by atoms with Gasteiger partial charge in [-0.15, -0.1) is 0 Å². The number of ether oxygens (including phenoxy) is 1. The van der Waals surface area contributed by atoms with E-state index >= 15 is 0 Å². The van der Waals surface area contributed by atoms with E-state index in [4.69, 9.17) is 4.74 Å². The molecule has 0 spiro atoms. The van der Waals surface area contributed by atoms with Crippen molar-refractivity contribution < 1.29 is 37.2 Å². The molecule has 0 aliphatic carbocycles. The van der Waals surface area contributed by atoms with Gasteiger partial charge in [0.2, 0.25) is 5.91 Å². The van der Waals surface area contributed by atoms with Gasteiger partial charge >= 0.3 is 12.1 Å². The first-order valence-corrected chi connectivity index (χ1v) is 9.24. The monoisotopic (exact) mass is 451 g/mol. The molecule has 2 amide bonds. The number of benzene rings is 2. The van der Waals surface area contributed by atoms with Crippen molar-refractivity contribution in [3.63, 3.8) is 0 Å². The molecule has 1 fully saturated rings. The van der Waals surface area contributed by atoms with Crippen molar-refractivity contribution in [2.75, 3.05) is 23.4 Å². The molecule has 3 rings (SSSR count). The molecule has 1 aliphatic heterocycles. The van der Waals surface area contributed by atoms with Crippen molar-refractivity contribution in [1.29, 1.82) is 0 Å². The fourth-order valence-corrected chi connectivity index (χ4v) is 3.17. The highest BCUT2D eigenvalue weighted by molar-refractivity contribution is 6.00. The third-order valence-corrected chi connectivity index (χ3v) is 4.66. The minimum atomic E-state index is -4.68. The maximum Gasteiger partial charge on any atom is 0.418 e. The molecule has 1 atom stereocenters. The minimum Gasteiger partial charge on any atom is -0.455 e. The molecule has 0 aromatic heterocycles. The number of alkyl halides is 3. The molecule has 9 nitrogen and oxygen atoms in total. The van der Waals surface area contributed by atoms with Crippen LogP contribution in [0.5, 0.6) is 0 Å². The summed E-state index contributed by atoms with van der Waals surface area (Å²) in [6.07, 6.45) is -4.92. The molecule has 0 saturated carbocycles. The van der Waals surface area contributed by atoms with Gasteiger partial charge < -0.3 is 15.0 Å². The van der Waals surface area contributed by atoms with Crippen LogP contribution in [-0.4, -0.2) is 35.9 Å². The van der Waals surface area contributed by atoms with Gasteiger partial charge in [-0.1, -0.05) is 18.2 Å². The largest absolute Gasteiger partial charge is 0.455 e. The normalized spacial score (nSPS) is 16.0. The Kier molecular flexibility index (Phi) is 6.42. The second kappa shape index (κ2) is 9.04. The zero-order chi connectivity index (χ0) is 23.5. The first-order valence-electron chi connectivity index (χ1n) is 9.24. The topological polar surface area (TPSA) is 119 Å². The predicted molar refractivity (Wildman–Crippen MR) is 105 cm³/mol. The SMILES string of the molecule is O=C(COC(=O)[C@H]1CC(=O)N(c2cccc([N+](=O)[O-])c2)C1)Nc1ccccc1C(F)(F)F. The number of carbonyl (C=O) groups excluding carboxylic acids is 3. The van der Waals surface area contributed by atoms with Gasteiger partial charge in [0.15, 0.2) is 6.61 Å². The molecule has 1 N–H and O–H groups in total. The summed E-state index contributed by atoms with van der Waals surface area (Å²) in [6.45, 7) is -0.954. The smallest absolute Gasteiger partial charge is 0.418 e. The second-order valence-electron chi connectivity index (χ2n) is 6.88. The van der Waals surface area contributed by atoms with E-state index in [1.807, 2.05) is 5.32 Å². The third kappa shape index (κ3) is 5.20. The van der Waals surface area contributed by atoms with Gasteiger partial charge in [-0.05, 0) is 18.2 Å². The molecule has 12 heteroatoms. The summed E-state index contributed by atoms with van der Waals surface area (Å²) in [5, 5.41) is 13.0. The third-order valence-electron chi connectivity index (χ3n) is 4.66. The van der Waals surface area contributed by atoms with Crippen molar-refractivity contribution in [3.8, 4) is 0 Å². The first kappa shape index (κ1) is 22.7. The van der Waals surface area contributed by atoms with Crippen LogP contribution in [-0.2, 0) is 25.3 Å². The molecule has 0 radical (unpaired) electrons. The van der Waals surface area contributed by atoms with Crippen LogP contribution >= 0.6 is 0 Å². The Morgan fingerprint density at radius 1 is 1.19 bits per heavy atom. The Hall–Kier alpha value is -3.96. The number of nitrogens with zero attached hydrogens (tertiary/aromatic N) is 2. The van der Waals surface area contributed by atoms with Gasteiger partial charge in [0.05, 0.1) is 27.8 Å². The zero-order valence-corrected chi connectivity index (χ0v) is 16.3. The summed E-state index contributed by atoms with van der Waals surface area (Å²) in [5.41, 5.74) is -1.51. The lowest BCUT2D eigenvalue weighted by Crippen LogP contribution is -2.28. The molecule has 2 aromatic rings. The van der Waals surface area contributed by atoms with Gasteiger partial charge in [0.1, 0.15) is 0 Å². The van der Waals surface area contributed by atoms with Crippen LogP contribution in [0.2, 0.25) is 0 Å². The van der Waals surface area contributed by atoms with E-state index in [9.17, 15) is 37.7 Å². The lowest BCUT2D eigenvalue weighted by atomic mass is 10.1. The lowest BCUT2D eigenvalue weighted by molar-refractivity contribution is -0.384. The second-order valence-corrected chi connectivity index (χ2v) is 6.88. The molecule has 1 saturated heterocycles. The molecular formula is C20H16F3N3O6. The summed E-state index contributed by atoms with van der Waals surface area (Å²) in [5.74, 6) is -3.26. The van der Waals surface area contributed by atoms with Crippen LogP contribution < -0.4 is 10.2 Å². The first-order chi connectivity index (χ1) is 15.1. The van der Waals surface area contributed by atoms with Crippen LogP contribution in [0.4, 0.5) is 30.2 Å². The lowest BCUT2D eigenvalue weighted by Gasteiger charge is -2.16. The maximum absolute atomic E-state index is 13.0. The summed E-state index contributed by atoms with van der Waals surface area (Å²) >= 11 is 0. The fourth-order valence-electron chi connectivity index (χ4n) is 3.17. The van der Waals surface area contributed by atoms with Gasteiger partial charge in [0, 0.05) is 25.1 Å². The zero-order valence-electron chi connectivity index (χ0n) is 16.3. The number of halogens is 3. The van der Waals surface area contributed by atoms with Crippen LogP contribution in [0.1, 0.15) is 12.0 Å². The number of nitrogens with one attached hydrogen (secondary N) is 1. The number of nitro benzene ring substituents is 1. The van der Waals surface area contributed by atoms with Crippen molar-refractivity contribution in [2.24, 2.45) is 5.92 Å². The van der Waals surface area contributed by atoms with E-state index in [0.29, 0.717) is 0 Å². The van der Waals surface area contributed by atoms with Crippen LogP contribution in [0.3, 0.4) is 0 Å². The Labute approximate surface area is 178 Å². The van der Waals surface area contributed by atoms with E-state index in [2.05, 4.69) is 0 Å². The van der Waals surface area contributed by atoms with Gasteiger partial charge in [-0.2, -0.15) is 13.2 Å². The highest BCUT2D eigenvalue weighted by Gasteiger charge is 2.37. The predicted octanol–water partition coefficient (Wildman–Crippen LogP) is 3.15. The van der Waals surface area contributed by atoms with E-state index in [1.165, 1.54) is 41.3 Å². The number of esters is 1. The van der Waals surface area contributed by atoms with Crippen molar-refractivity contribution >= 4 is 34.8 Å². The minimum absolute atomic E-state index is 0.114. The molecule has 0 bridgehead atoms. The summed E-state index contributed by atoms with van der Waals surface area (Å²) < 4.78 is 43.8.